The van der Waals surface area contributed by atoms with E-state index in [9.17, 15) is 48.9 Å². The van der Waals surface area contributed by atoms with Gasteiger partial charge < -0.3 is 55.7 Å². The van der Waals surface area contributed by atoms with Crippen LogP contribution in [0.25, 0.3) is 0 Å². The van der Waals surface area contributed by atoms with Crippen LogP contribution in [0.3, 0.4) is 0 Å². The first-order chi connectivity index (χ1) is 28.1. The molecule has 23 heteroatoms. The Morgan fingerprint density at radius 3 is 1.35 bits per heavy atom. The maximum atomic E-state index is 12.6. The Balaban J connectivity index is 0.00000171. The van der Waals surface area contributed by atoms with E-state index in [4.69, 9.17) is 24.4 Å². The van der Waals surface area contributed by atoms with Crippen molar-refractivity contribution in [1.82, 2.24) is 35.6 Å². The van der Waals surface area contributed by atoms with E-state index in [1.807, 2.05) is 11.8 Å². The van der Waals surface area contributed by atoms with Crippen molar-refractivity contribution in [2.45, 2.75) is 39.0 Å². The van der Waals surface area contributed by atoms with E-state index in [0.717, 1.165) is 32.1 Å². The summed E-state index contributed by atoms with van der Waals surface area (Å²) in [6.07, 6.45) is 7.62. The summed E-state index contributed by atoms with van der Waals surface area (Å²) in [6, 6.07) is 0. The number of amides is 3. The number of carboxylic acid groups (broad SMARTS) is 5. The number of nitrogens with one attached hydrogen (secondary N) is 3. The molecular weight excluding hydrogens is 885 g/mol. The maximum absolute atomic E-state index is 12.6. The molecule has 1 atom stereocenters. The summed E-state index contributed by atoms with van der Waals surface area (Å²) in [5.74, 6) is -4.45. The molecule has 0 aromatic heterocycles. The van der Waals surface area contributed by atoms with Crippen LogP contribution in [0.5, 0.6) is 0 Å². The second-order valence-corrected chi connectivity index (χ2v) is 14.2. The third-order valence-corrected chi connectivity index (χ3v) is 9.29. The molecule has 347 valence electrons. The number of allylic oxidation sites excluding steroid dienone is 2. The average molecular weight is 951 g/mol. The monoisotopic (exact) mass is 950 g/mol. The molecule has 1 heterocycles. The van der Waals surface area contributed by atoms with Gasteiger partial charge in [0.25, 0.3) is 0 Å². The largest absolute Gasteiger partial charge is 0.480 e. The molecule has 1 radical (unpaired) electrons. The van der Waals surface area contributed by atoms with Crippen LogP contribution < -0.4 is 16.0 Å². The van der Waals surface area contributed by atoms with Gasteiger partial charge in [-0.05, 0) is 32.1 Å². The predicted molar refractivity (Wildman–Crippen MR) is 211 cm³/mol. The van der Waals surface area contributed by atoms with Crippen molar-refractivity contribution in [2.75, 3.05) is 138 Å². The van der Waals surface area contributed by atoms with Crippen molar-refractivity contribution in [1.29, 1.82) is 0 Å². The van der Waals surface area contributed by atoms with E-state index in [-0.39, 0.29) is 90.3 Å². The van der Waals surface area contributed by atoms with Crippen LogP contribution in [0, 0.1) is 5.41 Å². The number of hydrogen-bond acceptors (Lipinski definition) is 14. The van der Waals surface area contributed by atoms with Crippen LogP contribution in [0.1, 0.15) is 39.0 Å². The molecule has 3 amide bonds. The van der Waals surface area contributed by atoms with Gasteiger partial charge in [0, 0.05) is 90.3 Å². The Morgan fingerprint density at radius 1 is 0.533 bits per heavy atom. The Hall–Kier alpha value is -3.83. The van der Waals surface area contributed by atoms with Crippen LogP contribution in [0.15, 0.2) is 12.2 Å². The summed E-state index contributed by atoms with van der Waals surface area (Å²) in [5.41, 5.74) is -0.416. The number of nitrogens with zero attached hydrogens (tertiary/aromatic N) is 4. The average Bonchev–Trinajstić information content (AvgIpc) is 3.14. The van der Waals surface area contributed by atoms with E-state index in [1.165, 1.54) is 0 Å². The van der Waals surface area contributed by atoms with Gasteiger partial charge in [0.05, 0.1) is 65.8 Å². The molecule has 0 aromatic rings. The zero-order valence-corrected chi connectivity index (χ0v) is 36.1. The number of hydrogen-bond donors (Lipinski definition) is 8. The Labute approximate surface area is 363 Å². The minimum absolute atomic E-state index is 0. The SMILES string of the molecule is C[C@@]1(C(=O)NCC(=O)O)CC/C=C/CCC1.O=C(O)CN1CCN(CC(=O)O)CCN(CC(=O)NCCOCCOCCOCCNC(=O)O)CCN(CC(=O)O)CC1.[Rh]. The van der Waals surface area contributed by atoms with Gasteiger partial charge in [0.15, 0.2) is 0 Å². The number of aliphatic carboxylic acids is 4. The zero-order valence-electron chi connectivity index (χ0n) is 34.5. The van der Waals surface area contributed by atoms with Gasteiger partial charge in [-0.3, -0.25) is 48.4 Å². The van der Waals surface area contributed by atoms with Gasteiger partial charge in [0.1, 0.15) is 6.54 Å². The summed E-state index contributed by atoms with van der Waals surface area (Å²) in [6.45, 7) is 5.78. The fourth-order valence-corrected chi connectivity index (χ4v) is 6.05. The minimum Gasteiger partial charge on any atom is -0.480 e. The molecule has 0 saturated carbocycles. The molecule has 0 spiro atoms. The number of rotatable bonds is 23. The Kier molecular flexibility index (Phi) is 31.7. The quantitative estimate of drug-likeness (QED) is 0.0332. The molecule has 1 saturated heterocycles. The first kappa shape index (κ1) is 56.2. The molecule has 0 aromatic carbocycles. The van der Waals surface area contributed by atoms with Gasteiger partial charge in [-0.15, -0.1) is 0 Å². The number of carboxylic acids is 4. The van der Waals surface area contributed by atoms with Crippen LogP contribution in [0.4, 0.5) is 4.79 Å². The van der Waals surface area contributed by atoms with Gasteiger partial charge in [-0.2, -0.15) is 0 Å². The summed E-state index contributed by atoms with van der Waals surface area (Å²) in [5, 5.41) is 52.3. The second-order valence-electron chi connectivity index (χ2n) is 14.2. The maximum Gasteiger partial charge on any atom is 0.404 e. The van der Waals surface area contributed by atoms with E-state index < -0.39 is 35.4 Å². The zero-order chi connectivity index (χ0) is 43.9. The Morgan fingerprint density at radius 2 is 0.933 bits per heavy atom. The van der Waals surface area contributed by atoms with Gasteiger partial charge in [0.2, 0.25) is 11.8 Å². The van der Waals surface area contributed by atoms with Crippen molar-refractivity contribution in [3.63, 3.8) is 0 Å². The fourth-order valence-electron chi connectivity index (χ4n) is 6.05. The first-order valence-electron chi connectivity index (χ1n) is 19.8. The van der Waals surface area contributed by atoms with Crippen LogP contribution >= 0.6 is 0 Å². The van der Waals surface area contributed by atoms with E-state index in [0.29, 0.717) is 78.8 Å². The van der Waals surface area contributed by atoms with Crippen molar-refractivity contribution >= 4 is 41.8 Å². The molecule has 2 aliphatic rings. The van der Waals surface area contributed by atoms with Crippen LogP contribution in [0.2, 0.25) is 0 Å². The third-order valence-electron chi connectivity index (χ3n) is 9.29. The second kappa shape index (κ2) is 33.8. The van der Waals surface area contributed by atoms with Gasteiger partial charge in [-0.25, -0.2) is 4.79 Å². The van der Waals surface area contributed by atoms with Crippen LogP contribution in [-0.4, -0.2) is 225 Å². The molecule has 1 aliphatic heterocycles. The molecule has 60 heavy (non-hydrogen) atoms. The molecule has 1 fully saturated rings. The normalized spacial score (nSPS) is 19.2. The predicted octanol–water partition coefficient (Wildman–Crippen LogP) is -1.39. The molecule has 0 unspecified atom stereocenters. The molecule has 1 aliphatic carbocycles. The van der Waals surface area contributed by atoms with E-state index >= 15 is 0 Å². The van der Waals surface area contributed by atoms with Crippen molar-refractivity contribution < 1.29 is 92.8 Å². The molecule has 22 nitrogen and oxygen atoms in total. The van der Waals surface area contributed by atoms with Crippen molar-refractivity contribution in [3.05, 3.63) is 12.2 Å². The number of ether oxygens (including phenoxy) is 3. The van der Waals surface area contributed by atoms with Crippen molar-refractivity contribution in [2.24, 2.45) is 5.41 Å². The van der Waals surface area contributed by atoms with Gasteiger partial charge in [-0.1, -0.05) is 19.1 Å². The third kappa shape index (κ3) is 30.2. The standard InChI is InChI=1S/C25H46N6O12.C12H19NO3.Rh/c32-21(26-1-11-41-13-15-43-16-14-42-12-2-27-25(39)40)17-28-3-5-29(18-22(33)34)7-9-31(20-24(37)38)10-8-30(6-4-28)19-23(35)36;1-12(11(16)13-9-10(14)15)7-5-3-2-4-6-8-12;/h27H,1-20H2,(H,26,32)(H,33,34)(H,35,36)(H,37,38)(H,39,40);2-3H,4-9H2,1H3,(H,13,16)(H,14,15);/b;3-2+;/t;12-;/m.1./s1. The van der Waals surface area contributed by atoms with Crippen LogP contribution in [-0.2, 0) is 62.5 Å². The topological polar surface area (TPSA) is 297 Å². The van der Waals surface area contributed by atoms with E-state index in [2.05, 4.69) is 28.1 Å². The Bertz CT molecular complexity index is 1300. The number of carbonyl (C=O) groups is 7. The molecular formula is C37H65N7O15Rh. The van der Waals surface area contributed by atoms with Crippen molar-refractivity contribution in [3.8, 4) is 0 Å². The minimum atomic E-state index is -1.11. The summed E-state index contributed by atoms with van der Waals surface area (Å²) in [4.78, 5) is 86.1. The number of carbonyl (C=O) groups excluding carboxylic acids is 2. The summed E-state index contributed by atoms with van der Waals surface area (Å²) >= 11 is 0. The van der Waals surface area contributed by atoms with Gasteiger partial charge >= 0.3 is 30.0 Å². The fraction of sp³-hybridized carbons (Fsp3) is 0.757. The first-order valence-corrected chi connectivity index (χ1v) is 19.8. The summed E-state index contributed by atoms with van der Waals surface area (Å²) < 4.78 is 16.0. The van der Waals surface area contributed by atoms with E-state index in [1.54, 1.807) is 14.7 Å². The summed E-state index contributed by atoms with van der Waals surface area (Å²) in [7, 11) is 0. The molecule has 8 N–H and O–H groups in total. The molecule has 2 rings (SSSR count). The molecule has 0 bridgehead atoms. The smallest absolute Gasteiger partial charge is 0.404 e.